The van der Waals surface area contributed by atoms with Gasteiger partial charge in [-0.05, 0) is 38.0 Å². The van der Waals surface area contributed by atoms with Gasteiger partial charge in [-0.15, -0.1) is 0 Å². The van der Waals surface area contributed by atoms with Crippen molar-refractivity contribution in [2.24, 2.45) is 5.92 Å². The maximum absolute atomic E-state index is 13.0. The van der Waals surface area contributed by atoms with Gasteiger partial charge in [-0.3, -0.25) is 9.59 Å². The molecular weight excluding hydrogens is 264 g/mol. The van der Waals surface area contributed by atoms with Gasteiger partial charge < -0.3 is 10.2 Å². The zero-order valence-corrected chi connectivity index (χ0v) is 14.5. The second-order valence-electron chi connectivity index (χ2n) is 6.61. The maximum atomic E-state index is 13.0. The van der Waals surface area contributed by atoms with Crippen molar-refractivity contribution < 1.29 is 9.59 Å². The van der Waals surface area contributed by atoms with Crippen LogP contribution in [-0.2, 0) is 9.59 Å². The molecule has 1 aliphatic heterocycles. The first-order chi connectivity index (χ1) is 9.86. The predicted molar refractivity (Wildman–Crippen MR) is 85.9 cm³/mol. The molecule has 0 saturated carbocycles. The van der Waals surface area contributed by atoms with Crippen LogP contribution in [0.3, 0.4) is 0 Å². The third kappa shape index (κ3) is 3.41. The molecule has 2 unspecified atom stereocenters. The molecule has 4 nitrogen and oxygen atoms in total. The van der Waals surface area contributed by atoms with Crippen molar-refractivity contribution in [3.63, 3.8) is 0 Å². The third-order valence-corrected chi connectivity index (χ3v) is 5.05. The van der Waals surface area contributed by atoms with Crippen LogP contribution in [0.1, 0.15) is 73.6 Å². The lowest BCUT2D eigenvalue weighted by atomic mass is 9.83. The summed E-state index contributed by atoms with van der Waals surface area (Å²) in [5, 5.41) is 2.94. The third-order valence-electron chi connectivity index (χ3n) is 5.05. The van der Waals surface area contributed by atoms with Crippen LogP contribution in [-0.4, -0.2) is 34.3 Å². The van der Waals surface area contributed by atoms with Crippen molar-refractivity contribution in [2.45, 2.75) is 91.3 Å². The van der Waals surface area contributed by atoms with Gasteiger partial charge in [0.15, 0.2) is 0 Å². The van der Waals surface area contributed by atoms with Crippen LogP contribution in [0.4, 0.5) is 0 Å². The Kier molecular flexibility index (Phi) is 6.24. The Bertz CT molecular complexity index is 367. The Morgan fingerprint density at radius 3 is 2.00 bits per heavy atom. The molecule has 1 N–H and O–H groups in total. The van der Waals surface area contributed by atoms with Crippen molar-refractivity contribution in [1.29, 1.82) is 0 Å². The number of carbonyl (C=O) groups is 2. The average molecular weight is 296 g/mol. The van der Waals surface area contributed by atoms with E-state index in [1.54, 1.807) is 0 Å². The number of amides is 2. The molecule has 2 amide bonds. The fourth-order valence-electron chi connectivity index (χ4n) is 3.59. The molecular formula is C17H32N2O2. The zero-order valence-electron chi connectivity index (χ0n) is 14.5. The molecule has 0 aliphatic carbocycles. The summed E-state index contributed by atoms with van der Waals surface area (Å²) in [5.74, 6) is 0.515. The van der Waals surface area contributed by atoms with Crippen LogP contribution >= 0.6 is 0 Å². The minimum absolute atomic E-state index is 0.0162. The zero-order chi connectivity index (χ0) is 16.2. The maximum Gasteiger partial charge on any atom is 0.246 e. The highest BCUT2D eigenvalue weighted by Crippen LogP contribution is 2.33. The van der Waals surface area contributed by atoms with Gasteiger partial charge in [-0.2, -0.15) is 0 Å². The smallest absolute Gasteiger partial charge is 0.246 e. The number of hydrogen-bond donors (Lipinski definition) is 1. The largest absolute Gasteiger partial charge is 0.342 e. The number of nitrogens with one attached hydrogen (secondary N) is 1. The highest BCUT2D eigenvalue weighted by atomic mass is 16.2. The van der Waals surface area contributed by atoms with E-state index in [1.807, 2.05) is 11.8 Å². The van der Waals surface area contributed by atoms with E-state index in [0.29, 0.717) is 18.8 Å². The van der Waals surface area contributed by atoms with Crippen molar-refractivity contribution in [1.82, 2.24) is 10.2 Å². The highest BCUT2D eigenvalue weighted by Gasteiger charge is 2.47. The molecule has 0 radical (unpaired) electrons. The second-order valence-corrected chi connectivity index (χ2v) is 6.61. The molecule has 0 aromatic rings. The van der Waals surface area contributed by atoms with Gasteiger partial charge in [0.25, 0.3) is 0 Å². The molecule has 4 heteroatoms. The molecule has 0 aromatic carbocycles. The van der Waals surface area contributed by atoms with Crippen LogP contribution in [0, 0.1) is 5.92 Å². The van der Waals surface area contributed by atoms with E-state index >= 15 is 0 Å². The summed E-state index contributed by atoms with van der Waals surface area (Å²) in [5.41, 5.74) is -0.190. The Hall–Kier alpha value is -1.06. The minimum Gasteiger partial charge on any atom is -0.342 e. The molecule has 2 atom stereocenters. The summed E-state index contributed by atoms with van der Waals surface area (Å²) in [6.45, 7) is 12.5. The predicted octanol–water partition coefficient (Wildman–Crippen LogP) is 3.11. The number of hydrogen-bond acceptors (Lipinski definition) is 2. The average Bonchev–Trinajstić information content (AvgIpc) is 2.45. The number of piperazine rings is 1. The standard InChI is InChI=1S/C17H32N2O2/c1-7-14-15(20)18-13(11-12(5)6)16(21)19(14)17(8-2,9-3)10-4/h12-14H,7-11H2,1-6H3,(H,18,20). The number of rotatable bonds is 7. The van der Waals surface area contributed by atoms with Gasteiger partial charge in [0.05, 0.1) is 0 Å². The molecule has 1 rings (SSSR count). The first-order valence-electron chi connectivity index (χ1n) is 8.50. The van der Waals surface area contributed by atoms with Crippen LogP contribution < -0.4 is 5.32 Å². The van der Waals surface area contributed by atoms with E-state index in [1.165, 1.54) is 0 Å². The van der Waals surface area contributed by atoms with Crippen molar-refractivity contribution in [2.75, 3.05) is 0 Å². The molecule has 122 valence electrons. The lowest BCUT2D eigenvalue weighted by Gasteiger charge is -2.50. The molecule has 1 fully saturated rings. The number of nitrogens with zero attached hydrogens (tertiary/aromatic N) is 1. The summed E-state index contributed by atoms with van der Waals surface area (Å²) in [4.78, 5) is 27.4. The molecule has 21 heavy (non-hydrogen) atoms. The van der Waals surface area contributed by atoms with Crippen LogP contribution in [0.15, 0.2) is 0 Å². The molecule has 1 saturated heterocycles. The lowest BCUT2D eigenvalue weighted by Crippen LogP contribution is -2.69. The van der Waals surface area contributed by atoms with Crippen LogP contribution in [0.25, 0.3) is 0 Å². The summed E-state index contributed by atoms with van der Waals surface area (Å²) < 4.78 is 0. The van der Waals surface area contributed by atoms with Gasteiger partial charge in [-0.25, -0.2) is 0 Å². The van der Waals surface area contributed by atoms with E-state index in [0.717, 1.165) is 19.3 Å². The molecule has 0 bridgehead atoms. The first kappa shape index (κ1) is 18.0. The van der Waals surface area contributed by atoms with Gasteiger partial charge in [0, 0.05) is 5.54 Å². The van der Waals surface area contributed by atoms with Gasteiger partial charge >= 0.3 is 0 Å². The molecule has 1 heterocycles. The Morgan fingerprint density at radius 1 is 1.10 bits per heavy atom. The Balaban J connectivity index is 3.20. The quantitative estimate of drug-likeness (QED) is 0.785. The SMILES string of the molecule is CCC1C(=O)NC(CC(C)C)C(=O)N1C(CC)(CC)CC. The summed E-state index contributed by atoms with van der Waals surface area (Å²) in [6.07, 6.45) is 4.07. The summed E-state index contributed by atoms with van der Waals surface area (Å²) in [7, 11) is 0. The van der Waals surface area contributed by atoms with Crippen molar-refractivity contribution in [3.8, 4) is 0 Å². The Labute approximate surface area is 129 Å². The summed E-state index contributed by atoms with van der Waals surface area (Å²) >= 11 is 0. The van der Waals surface area contributed by atoms with Crippen molar-refractivity contribution in [3.05, 3.63) is 0 Å². The van der Waals surface area contributed by atoms with E-state index in [9.17, 15) is 9.59 Å². The topological polar surface area (TPSA) is 49.4 Å². The van der Waals surface area contributed by atoms with Crippen LogP contribution in [0.2, 0.25) is 0 Å². The van der Waals surface area contributed by atoms with E-state index in [4.69, 9.17) is 0 Å². The van der Waals surface area contributed by atoms with E-state index < -0.39 is 0 Å². The van der Waals surface area contributed by atoms with Gasteiger partial charge in [0.2, 0.25) is 11.8 Å². The van der Waals surface area contributed by atoms with Crippen molar-refractivity contribution >= 4 is 11.8 Å². The molecule has 0 spiro atoms. The monoisotopic (exact) mass is 296 g/mol. The van der Waals surface area contributed by atoms with Gasteiger partial charge in [0.1, 0.15) is 12.1 Å². The van der Waals surface area contributed by atoms with E-state index in [-0.39, 0.29) is 29.4 Å². The number of carbonyl (C=O) groups excluding carboxylic acids is 2. The second kappa shape index (κ2) is 7.28. The first-order valence-corrected chi connectivity index (χ1v) is 8.50. The lowest BCUT2D eigenvalue weighted by molar-refractivity contribution is -0.158. The fourth-order valence-corrected chi connectivity index (χ4v) is 3.59. The molecule has 1 aliphatic rings. The minimum atomic E-state index is -0.357. The Morgan fingerprint density at radius 2 is 1.62 bits per heavy atom. The summed E-state index contributed by atoms with van der Waals surface area (Å²) in [6, 6.07) is -0.676. The molecule has 0 aromatic heterocycles. The normalized spacial score (nSPS) is 23.7. The van der Waals surface area contributed by atoms with E-state index in [2.05, 4.69) is 39.9 Å². The van der Waals surface area contributed by atoms with Gasteiger partial charge in [-0.1, -0.05) is 41.5 Å². The van der Waals surface area contributed by atoms with Crippen LogP contribution in [0.5, 0.6) is 0 Å². The highest BCUT2D eigenvalue weighted by molar-refractivity contribution is 5.97. The fraction of sp³-hybridized carbons (Fsp3) is 0.882.